The number of nitrogens with zero attached hydrogens (tertiary/aromatic N) is 3. The lowest BCUT2D eigenvalue weighted by molar-refractivity contribution is -0.132. The van der Waals surface area contributed by atoms with Crippen LogP contribution in [0.3, 0.4) is 0 Å². The van der Waals surface area contributed by atoms with Crippen molar-refractivity contribution in [1.29, 1.82) is 5.26 Å². The van der Waals surface area contributed by atoms with Gasteiger partial charge in [-0.3, -0.25) is 4.79 Å². The molecular weight excluding hydrogens is 326 g/mol. The fraction of sp³-hybridized carbons (Fsp3) is 0.167. The van der Waals surface area contributed by atoms with Crippen LogP contribution in [0, 0.1) is 11.3 Å². The molecule has 24 heavy (non-hydrogen) atoms. The summed E-state index contributed by atoms with van der Waals surface area (Å²) in [5.41, 5.74) is 2.35. The maximum absolute atomic E-state index is 12.2. The summed E-state index contributed by atoms with van der Waals surface area (Å²) in [6, 6.07) is 16.4. The second kappa shape index (κ2) is 7.16. The lowest BCUT2D eigenvalue weighted by Gasteiger charge is -2.13. The number of carbonyl (C=O) groups excluding carboxylic acids is 1. The molecular formula is C18H14ClN3O2. The number of hydrogen-bond donors (Lipinski definition) is 0. The highest BCUT2D eigenvalue weighted by Crippen LogP contribution is 2.25. The molecule has 2 aromatic rings. The van der Waals surface area contributed by atoms with Gasteiger partial charge in [0.05, 0.1) is 28.9 Å². The summed E-state index contributed by atoms with van der Waals surface area (Å²) in [7, 11) is 0. The molecule has 0 radical (unpaired) electrons. The maximum atomic E-state index is 12.2. The number of amides is 1. The molecule has 1 aliphatic heterocycles. The van der Waals surface area contributed by atoms with Crippen molar-refractivity contribution in [2.45, 2.75) is 6.42 Å². The fourth-order valence-corrected chi connectivity index (χ4v) is 2.61. The van der Waals surface area contributed by atoms with Gasteiger partial charge in [0.25, 0.3) is 5.91 Å². The number of hydrogen-bond acceptors (Lipinski definition) is 4. The minimum absolute atomic E-state index is 0.156. The summed E-state index contributed by atoms with van der Waals surface area (Å²) in [5, 5.41) is 14.9. The van der Waals surface area contributed by atoms with E-state index in [1.165, 1.54) is 11.1 Å². The van der Waals surface area contributed by atoms with Crippen LogP contribution in [0.15, 0.2) is 53.6 Å². The number of nitriles is 1. The van der Waals surface area contributed by atoms with E-state index < -0.39 is 0 Å². The Hall–Kier alpha value is -2.84. The monoisotopic (exact) mass is 339 g/mol. The minimum Gasteiger partial charge on any atom is -0.482 e. The van der Waals surface area contributed by atoms with Crippen LogP contribution < -0.4 is 4.74 Å². The standard InChI is InChI=1S/C18H14ClN3O2/c19-15-10-13(11-20)6-7-17(15)24-12-18(23)22-9-8-16(21-22)14-4-2-1-3-5-14/h1-7,10H,8-9,12H2. The third-order valence-electron chi connectivity index (χ3n) is 3.61. The summed E-state index contributed by atoms with van der Waals surface area (Å²) in [6.45, 7) is 0.380. The summed E-state index contributed by atoms with van der Waals surface area (Å²) < 4.78 is 5.45. The van der Waals surface area contributed by atoms with Crippen molar-refractivity contribution in [3.8, 4) is 11.8 Å². The van der Waals surface area contributed by atoms with Gasteiger partial charge < -0.3 is 4.74 Å². The lowest BCUT2D eigenvalue weighted by atomic mass is 10.1. The molecule has 0 fully saturated rings. The van der Waals surface area contributed by atoms with Crippen LogP contribution in [0.5, 0.6) is 5.75 Å². The van der Waals surface area contributed by atoms with E-state index in [2.05, 4.69) is 5.10 Å². The van der Waals surface area contributed by atoms with Gasteiger partial charge in [0, 0.05) is 6.42 Å². The zero-order chi connectivity index (χ0) is 16.9. The molecule has 0 spiro atoms. The van der Waals surface area contributed by atoms with Gasteiger partial charge >= 0.3 is 0 Å². The molecule has 0 atom stereocenters. The first kappa shape index (κ1) is 16.0. The van der Waals surface area contributed by atoms with Crippen LogP contribution in [0.2, 0.25) is 5.02 Å². The summed E-state index contributed by atoms with van der Waals surface area (Å²) in [6.07, 6.45) is 0.716. The number of halogens is 1. The molecule has 3 rings (SSSR count). The maximum Gasteiger partial charge on any atom is 0.280 e. The Kier molecular flexibility index (Phi) is 4.78. The van der Waals surface area contributed by atoms with E-state index in [0.29, 0.717) is 29.3 Å². The van der Waals surface area contributed by atoms with E-state index in [0.717, 1.165) is 11.3 Å². The Bertz CT molecular complexity index is 828. The normalized spacial score (nSPS) is 13.3. The van der Waals surface area contributed by atoms with E-state index in [4.69, 9.17) is 21.6 Å². The van der Waals surface area contributed by atoms with Crippen molar-refractivity contribution in [3.05, 3.63) is 64.7 Å². The Morgan fingerprint density at radius 3 is 2.79 bits per heavy atom. The van der Waals surface area contributed by atoms with Crippen molar-refractivity contribution in [2.24, 2.45) is 5.10 Å². The van der Waals surface area contributed by atoms with Crippen LogP contribution in [-0.2, 0) is 4.79 Å². The van der Waals surface area contributed by atoms with Crippen LogP contribution >= 0.6 is 11.6 Å². The van der Waals surface area contributed by atoms with Gasteiger partial charge in [-0.2, -0.15) is 10.4 Å². The van der Waals surface area contributed by atoms with E-state index >= 15 is 0 Å². The largest absolute Gasteiger partial charge is 0.482 e. The molecule has 6 heteroatoms. The summed E-state index contributed by atoms with van der Waals surface area (Å²) in [4.78, 5) is 12.2. The van der Waals surface area contributed by atoms with Crippen LogP contribution in [0.4, 0.5) is 0 Å². The zero-order valence-electron chi connectivity index (χ0n) is 12.8. The van der Waals surface area contributed by atoms with Crippen molar-refractivity contribution >= 4 is 23.2 Å². The quantitative estimate of drug-likeness (QED) is 0.859. The smallest absolute Gasteiger partial charge is 0.280 e. The Morgan fingerprint density at radius 1 is 1.29 bits per heavy atom. The van der Waals surface area contributed by atoms with Gasteiger partial charge in [0.1, 0.15) is 5.75 Å². The highest BCUT2D eigenvalue weighted by molar-refractivity contribution is 6.32. The molecule has 0 unspecified atom stereocenters. The molecule has 0 bridgehead atoms. The highest BCUT2D eigenvalue weighted by Gasteiger charge is 2.22. The number of benzene rings is 2. The van der Waals surface area contributed by atoms with E-state index in [9.17, 15) is 4.79 Å². The SMILES string of the molecule is N#Cc1ccc(OCC(=O)N2CCC(c3ccccc3)=N2)c(Cl)c1. The minimum atomic E-state index is -0.235. The molecule has 0 aliphatic carbocycles. The zero-order valence-corrected chi connectivity index (χ0v) is 13.5. The van der Waals surface area contributed by atoms with Crippen molar-refractivity contribution in [1.82, 2.24) is 5.01 Å². The molecule has 2 aromatic carbocycles. The van der Waals surface area contributed by atoms with Crippen LogP contribution in [0.25, 0.3) is 0 Å². The molecule has 120 valence electrons. The molecule has 1 heterocycles. The first-order valence-electron chi connectivity index (χ1n) is 7.43. The van der Waals surface area contributed by atoms with Crippen molar-refractivity contribution in [2.75, 3.05) is 13.2 Å². The molecule has 0 N–H and O–H groups in total. The fourth-order valence-electron chi connectivity index (χ4n) is 2.37. The molecule has 0 saturated carbocycles. The highest BCUT2D eigenvalue weighted by atomic mass is 35.5. The third-order valence-corrected chi connectivity index (χ3v) is 3.90. The van der Waals surface area contributed by atoms with E-state index in [-0.39, 0.29) is 12.5 Å². The summed E-state index contributed by atoms with van der Waals surface area (Å²) >= 11 is 6.03. The molecule has 0 aromatic heterocycles. The van der Waals surface area contributed by atoms with Crippen molar-refractivity contribution in [3.63, 3.8) is 0 Å². The van der Waals surface area contributed by atoms with E-state index in [1.807, 2.05) is 36.4 Å². The molecule has 1 aliphatic rings. The van der Waals surface area contributed by atoms with Gasteiger partial charge in [-0.05, 0) is 23.8 Å². The second-order valence-corrected chi connectivity index (χ2v) is 5.63. The number of rotatable bonds is 4. The van der Waals surface area contributed by atoms with Gasteiger partial charge in [0.15, 0.2) is 6.61 Å². The average molecular weight is 340 g/mol. The predicted octanol–water partition coefficient (Wildman–Crippen LogP) is 3.23. The average Bonchev–Trinajstić information content (AvgIpc) is 3.11. The Labute approximate surface area is 144 Å². The Morgan fingerprint density at radius 2 is 2.08 bits per heavy atom. The topological polar surface area (TPSA) is 65.7 Å². The van der Waals surface area contributed by atoms with Crippen LogP contribution in [0.1, 0.15) is 17.5 Å². The number of ether oxygens (including phenoxy) is 1. The third kappa shape index (κ3) is 3.55. The van der Waals surface area contributed by atoms with E-state index in [1.54, 1.807) is 12.1 Å². The Balaban J connectivity index is 1.62. The number of carbonyl (C=O) groups is 1. The van der Waals surface area contributed by atoms with Gasteiger partial charge in [-0.25, -0.2) is 5.01 Å². The van der Waals surface area contributed by atoms with Gasteiger partial charge in [-0.1, -0.05) is 41.9 Å². The van der Waals surface area contributed by atoms with Gasteiger partial charge in [0.2, 0.25) is 0 Å². The summed E-state index contributed by atoms with van der Waals surface area (Å²) in [5.74, 6) is 0.136. The molecule has 5 nitrogen and oxygen atoms in total. The first-order valence-corrected chi connectivity index (χ1v) is 7.81. The number of hydrazone groups is 1. The first-order chi connectivity index (χ1) is 11.7. The van der Waals surface area contributed by atoms with Crippen LogP contribution in [-0.4, -0.2) is 29.8 Å². The molecule has 0 saturated heterocycles. The van der Waals surface area contributed by atoms with Crippen molar-refractivity contribution < 1.29 is 9.53 Å². The molecule has 1 amide bonds. The lowest BCUT2D eigenvalue weighted by Crippen LogP contribution is -2.28. The second-order valence-electron chi connectivity index (χ2n) is 5.23. The van der Waals surface area contributed by atoms with Gasteiger partial charge in [-0.15, -0.1) is 0 Å². The predicted molar refractivity (Wildman–Crippen MR) is 91.0 cm³/mol.